The predicted molar refractivity (Wildman–Crippen MR) is 122 cm³/mol. The summed E-state index contributed by atoms with van der Waals surface area (Å²) >= 11 is 0. The largest absolute Gasteiger partial charge is 0.377 e. The molecule has 2 unspecified atom stereocenters. The molecule has 0 radical (unpaired) electrons. The highest BCUT2D eigenvalue weighted by molar-refractivity contribution is 5.36. The zero-order valence-electron chi connectivity index (χ0n) is 18.4. The van der Waals surface area contributed by atoms with E-state index < -0.39 is 5.60 Å². The summed E-state index contributed by atoms with van der Waals surface area (Å²) in [5.41, 5.74) is 0.128. The molecule has 0 amide bonds. The Morgan fingerprint density at radius 2 is 1.52 bits per heavy atom. The van der Waals surface area contributed by atoms with Gasteiger partial charge in [0.25, 0.3) is 0 Å². The molecule has 29 heavy (non-hydrogen) atoms. The molecule has 3 nitrogen and oxygen atoms in total. The molecular formula is C26H40N2O. The number of benzene rings is 1. The third-order valence-corrected chi connectivity index (χ3v) is 6.81. The van der Waals surface area contributed by atoms with Gasteiger partial charge in [0.15, 0.2) is 0 Å². The summed E-state index contributed by atoms with van der Waals surface area (Å²) in [5, 5.41) is 11.8. The first-order valence-corrected chi connectivity index (χ1v) is 11.9. The van der Waals surface area contributed by atoms with E-state index in [1.807, 2.05) is 30.3 Å². The number of piperazine rings is 1. The fourth-order valence-corrected chi connectivity index (χ4v) is 4.74. The van der Waals surface area contributed by atoms with Crippen molar-refractivity contribution >= 4 is 0 Å². The van der Waals surface area contributed by atoms with Crippen molar-refractivity contribution in [1.29, 1.82) is 0 Å². The highest BCUT2D eigenvalue weighted by Gasteiger charge is 2.36. The zero-order valence-corrected chi connectivity index (χ0v) is 18.4. The molecule has 1 aromatic rings. The second-order valence-electron chi connectivity index (χ2n) is 9.21. The molecule has 1 heterocycles. The normalized spacial score (nSPS) is 28.6. The van der Waals surface area contributed by atoms with Gasteiger partial charge in [0.1, 0.15) is 5.60 Å². The van der Waals surface area contributed by atoms with E-state index in [9.17, 15) is 5.11 Å². The minimum absolute atomic E-state index is 0.238. The van der Waals surface area contributed by atoms with Crippen LogP contribution in [0.25, 0.3) is 0 Å². The Labute approximate surface area is 178 Å². The third kappa shape index (κ3) is 7.45. The van der Waals surface area contributed by atoms with Crippen LogP contribution in [0.2, 0.25) is 0 Å². The predicted octanol–water partition coefficient (Wildman–Crippen LogP) is 4.55. The monoisotopic (exact) mass is 396 g/mol. The summed E-state index contributed by atoms with van der Waals surface area (Å²) in [5.74, 6) is 6.94. The van der Waals surface area contributed by atoms with Crippen LogP contribution < -0.4 is 0 Å². The number of hydrogen-bond donors (Lipinski definition) is 1. The van der Waals surface area contributed by atoms with E-state index in [-0.39, 0.29) is 5.92 Å². The summed E-state index contributed by atoms with van der Waals surface area (Å²) in [6, 6.07) is 10.2. The van der Waals surface area contributed by atoms with Crippen LogP contribution in [-0.4, -0.2) is 60.3 Å². The van der Waals surface area contributed by atoms with Gasteiger partial charge >= 0.3 is 0 Å². The Bertz CT molecular complexity index is 642. The Hall–Kier alpha value is -1.34. The molecule has 2 fully saturated rings. The van der Waals surface area contributed by atoms with Gasteiger partial charge in [-0.25, -0.2) is 0 Å². The highest BCUT2D eigenvalue weighted by atomic mass is 16.3. The average molecular weight is 397 g/mol. The maximum absolute atomic E-state index is 11.8. The van der Waals surface area contributed by atoms with Crippen molar-refractivity contribution in [3.05, 3.63) is 35.9 Å². The minimum atomic E-state index is -0.877. The van der Waals surface area contributed by atoms with Crippen LogP contribution in [0.1, 0.15) is 69.8 Å². The molecule has 0 spiro atoms. The van der Waals surface area contributed by atoms with Gasteiger partial charge in [-0.3, -0.25) is 0 Å². The zero-order chi connectivity index (χ0) is 20.4. The number of likely N-dealkylation sites (N-methyl/N-ethyl adjacent to an activating group) is 1. The fraction of sp³-hybridized carbons (Fsp3) is 0.692. The van der Waals surface area contributed by atoms with E-state index in [0.29, 0.717) is 0 Å². The molecule has 1 aliphatic carbocycles. The first-order valence-electron chi connectivity index (χ1n) is 11.9. The molecule has 3 rings (SSSR count). The lowest BCUT2D eigenvalue weighted by molar-refractivity contribution is -0.00178. The Morgan fingerprint density at radius 3 is 2.21 bits per heavy atom. The Balaban J connectivity index is 1.77. The van der Waals surface area contributed by atoms with E-state index in [1.54, 1.807) is 0 Å². The van der Waals surface area contributed by atoms with Crippen LogP contribution in [0.4, 0.5) is 0 Å². The van der Waals surface area contributed by atoms with Gasteiger partial charge in [-0.2, -0.15) is 0 Å². The van der Waals surface area contributed by atoms with Crippen molar-refractivity contribution in [2.24, 2.45) is 5.92 Å². The summed E-state index contributed by atoms with van der Waals surface area (Å²) in [6.45, 7) is 5.44. The average Bonchev–Trinajstić information content (AvgIpc) is 2.74. The number of nitrogens with zero attached hydrogens (tertiary/aromatic N) is 2. The van der Waals surface area contributed by atoms with E-state index in [0.717, 1.165) is 57.5 Å². The molecule has 1 N–H and O–H groups in total. The van der Waals surface area contributed by atoms with Gasteiger partial charge < -0.3 is 14.9 Å². The lowest BCUT2D eigenvalue weighted by Crippen LogP contribution is -2.50. The number of rotatable bonds is 2. The van der Waals surface area contributed by atoms with Gasteiger partial charge in [0, 0.05) is 44.2 Å². The van der Waals surface area contributed by atoms with Crippen molar-refractivity contribution in [3.63, 3.8) is 0 Å². The van der Waals surface area contributed by atoms with Crippen molar-refractivity contribution < 1.29 is 5.11 Å². The van der Waals surface area contributed by atoms with Gasteiger partial charge in [-0.05, 0) is 38.4 Å². The quantitative estimate of drug-likeness (QED) is 0.743. The van der Waals surface area contributed by atoms with E-state index in [2.05, 4.69) is 28.7 Å². The second kappa shape index (κ2) is 11.7. The molecule has 1 aromatic carbocycles. The Kier molecular flexibility index (Phi) is 9.05. The molecular weight excluding hydrogens is 356 g/mol. The molecule has 0 aromatic heterocycles. The van der Waals surface area contributed by atoms with E-state index in [1.165, 1.54) is 44.9 Å². The summed E-state index contributed by atoms with van der Waals surface area (Å²) in [7, 11) is 2.20. The first kappa shape index (κ1) is 22.3. The molecule has 0 bridgehead atoms. The molecule has 1 aliphatic heterocycles. The SMILES string of the molecule is CN1CCN(CC2CCCCCCCCCCC2(O)C#Cc2ccccc2)CC1. The lowest BCUT2D eigenvalue weighted by atomic mass is 9.79. The van der Waals surface area contributed by atoms with Crippen molar-refractivity contribution in [3.8, 4) is 11.8 Å². The van der Waals surface area contributed by atoms with E-state index in [4.69, 9.17) is 0 Å². The smallest absolute Gasteiger partial charge is 0.129 e. The van der Waals surface area contributed by atoms with Crippen LogP contribution >= 0.6 is 0 Å². The van der Waals surface area contributed by atoms with E-state index >= 15 is 0 Å². The standard InChI is InChI=1S/C26H40N2O/c1-27-19-21-28(22-20-27)23-25-15-11-6-4-2-3-5-7-12-17-26(25,29)18-16-24-13-9-8-10-14-24/h8-10,13-14,25,29H,2-7,11-12,15,17,19-23H2,1H3. The molecule has 3 heteroatoms. The van der Waals surface area contributed by atoms with Gasteiger partial charge in [0.05, 0.1) is 0 Å². The number of hydrogen-bond acceptors (Lipinski definition) is 3. The summed E-state index contributed by atoms with van der Waals surface area (Å²) in [6.07, 6.45) is 12.1. The van der Waals surface area contributed by atoms with Gasteiger partial charge in [0.2, 0.25) is 0 Å². The highest BCUT2D eigenvalue weighted by Crippen LogP contribution is 2.31. The Morgan fingerprint density at radius 1 is 0.897 bits per heavy atom. The lowest BCUT2D eigenvalue weighted by Gasteiger charge is -2.39. The van der Waals surface area contributed by atoms with Crippen molar-refractivity contribution in [1.82, 2.24) is 9.80 Å². The van der Waals surface area contributed by atoms with Crippen LogP contribution in [0.15, 0.2) is 30.3 Å². The number of aliphatic hydroxyl groups is 1. The fourth-order valence-electron chi connectivity index (χ4n) is 4.74. The topological polar surface area (TPSA) is 26.7 Å². The maximum atomic E-state index is 11.8. The van der Waals surface area contributed by atoms with Crippen LogP contribution in [0, 0.1) is 17.8 Å². The van der Waals surface area contributed by atoms with Crippen molar-refractivity contribution in [2.45, 2.75) is 69.8 Å². The summed E-state index contributed by atoms with van der Waals surface area (Å²) in [4.78, 5) is 4.96. The minimum Gasteiger partial charge on any atom is -0.377 e. The van der Waals surface area contributed by atoms with Crippen molar-refractivity contribution in [2.75, 3.05) is 39.8 Å². The molecule has 1 saturated heterocycles. The summed E-state index contributed by atoms with van der Waals surface area (Å²) < 4.78 is 0. The van der Waals surface area contributed by atoms with Crippen LogP contribution in [-0.2, 0) is 0 Å². The third-order valence-electron chi connectivity index (χ3n) is 6.81. The maximum Gasteiger partial charge on any atom is 0.129 e. The van der Waals surface area contributed by atoms with Crippen LogP contribution in [0.5, 0.6) is 0 Å². The van der Waals surface area contributed by atoms with Gasteiger partial charge in [-0.1, -0.05) is 75.0 Å². The molecule has 1 saturated carbocycles. The van der Waals surface area contributed by atoms with Crippen LogP contribution in [0.3, 0.4) is 0 Å². The first-order chi connectivity index (χ1) is 14.2. The molecule has 2 aliphatic rings. The molecule has 2 atom stereocenters. The van der Waals surface area contributed by atoms with Gasteiger partial charge in [-0.15, -0.1) is 0 Å². The molecule has 160 valence electrons. The second-order valence-corrected chi connectivity index (χ2v) is 9.21.